The van der Waals surface area contributed by atoms with Gasteiger partial charge in [0.05, 0.1) is 14.2 Å². The van der Waals surface area contributed by atoms with Gasteiger partial charge in [0.15, 0.2) is 11.5 Å². The first-order valence-corrected chi connectivity index (χ1v) is 8.36. The number of hydrogen-bond acceptors (Lipinski definition) is 6. The summed E-state index contributed by atoms with van der Waals surface area (Å²) in [4.78, 5) is 20.9. The lowest BCUT2D eigenvalue weighted by Crippen LogP contribution is -2.14. The number of anilines is 3. The maximum Gasteiger partial charge on any atom is 0.274 e. The molecule has 3 aromatic rings. The highest BCUT2D eigenvalue weighted by Crippen LogP contribution is 2.29. The Labute approximate surface area is 161 Å². The summed E-state index contributed by atoms with van der Waals surface area (Å²) in [6.45, 7) is 0. The number of amides is 1. The average Bonchev–Trinajstić information content (AvgIpc) is 2.68. The molecule has 7 nitrogen and oxygen atoms in total. The van der Waals surface area contributed by atoms with E-state index in [-0.39, 0.29) is 17.5 Å². The third-order valence-electron chi connectivity index (χ3n) is 3.61. The molecule has 0 radical (unpaired) electrons. The molecule has 3 rings (SSSR count). The van der Waals surface area contributed by atoms with Crippen LogP contribution in [0.1, 0.15) is 10.5 Å². The van der Waals surface area contributed by atoms with Gasteiger partial charge in [-0.3, -0.25) is 4.79 Å². The molecular weight excluding hydrogens is 368 g/mol. The minimum atomic E-state index is -0.376. The van der Waals surface area contributed by atoms with Crippen LogP contribution in [0.3, 0.4) is 0 Å². The standard InChI is InChI=1S/C19H17ClN4O3/c1-26-16-7-6-14(11-17(16)27-2)22-18(25)15-8-9-21-19(24-15)23-13-5-3-4-12(20)10-13/h3-11H,1-2H3,(H,22,25)(H,21,23,24). The summed E-state index contributed by atoms with van der Waals surface area (Å²) in [5.74, 6) is 1.00. The van der Waals surface area contributed by atoms with Gasteiger partial charge in [0.1, 0.15) is 5.69 Å². The van der Waals surface area contributed by atoms with E-state index in [1.165, 1.54) is 19.4 Å². The molecule has 0 unspecified atom stereocenters. The molecule has 0 fully saturated rings. The zero-order valence-electron chi connectivity index (χ0n) is 14.7. The molecule has 0 saturated carbocycles. The van der Waals surface area contributed by atoms with E-state index in [1.54, 1.807) is 43.5 Å². The van der Waals surface area contributed by atoms with Crippen molar-refractivity contribution >= 4 is 34.8 Å². The fourth-order valence-electron chi connectivity index (χ4n) is 2.35. The first-order valence-electron chi connectivity index (χ1n) is 7.98. The van der Waals surface area contributed by atoms with E-state index in [0.29, 0.717) is 22.2 Å². The molecule has 0 aliphatic carbocycles. The number of rotatable bonds is 6. The molecule has 27 heavy (non-hydrogen) atoms. The second kappa shape index (κ2) is 8.37. The molecule has 1 aromatic heterocycles. The van der Waals surface area contributed by atoms with Crippen LogP contribution in [0.5, 0.6) is 11.5 Å². The van der Waals surface area contributed by atoms with E-state index >= 15 is 0 Å². The molecule has 0 atom stereocenters. The third-order valence-corrected chi connectivity index (χ3v) is 3.85. The van der Waals surface area contributed by atoms with Crippen molar-refractivity contribution in [1.29, 1.82) is 0 Å². The number of methoxy groups -OCH3 is 2. The van der Waals surface area contributed by atoms with Crippen molar-refractivity contribution in [3.8, 4) is 11.5 Å². The summed E-state index contributed by atoms with van der Waals surface area (Å²) in [6, 6.07) is 13.8. The van der Waals surface area contributed by atoms with Crippen molar-refractivity contribution in [1.82, 2.24) is 9.97 Å². The highest BCUT2D eigenvalue weighted by Gasteiger charge is 2.12. The van der Waals surface area contributed by atoms with E-state index in [2.05, 4.69) is 20.6 Å². The fourth-order valence-corrected chi connectivity index (χ4v) is 2.54. The van der Waals surface area contributed by atoms with Gasteiger partial charge in [-0.2, -0.15) is 0 Å². The van der Waals surface area contributed by atoms with Gasteiger partial charge in [0.25, 0.3) is 5.91 Å². The second-order valence-electron chi connectivity index (χ2n) is 5.42. The number of halogens is 1. The molecule has 2 N–H and O–H groups in total. The fraction of sp³-hybridized carbons (Fsp3) is 0.105. The molecule has 0 saturated heterocycles. The summed E-state index contributed by atoms with van der Waals surface area (Å²) in [5.41, 5.74) is 1.49. The number of aromatic nitrogens is 2. The van der Waals surface area contributed by atoms with Crippen LogP contribution in [0.25, 0.3) is 0 Å². The Hall–Kier alpha value is -3.32. The number of ether oxygens (including phenoxy) is 2. The summed E-state index contributed by atoms with van der Waals surface area (Å²) >= 11 is 5.97. The smallest absolute Gasteiger partial charge is 0.274 e. The number of nitrogens with zero attached hydrogens (tertiary/aromatic N) is 2. The zero-order chi connectivity index (χ0) is 19.2. The van der Waals surface area contributed by atoms with Crippen LogP contribution in [0.4, 0.5) is 17.3 Å². The highest BCUT2D eigenvalue weighted by atomic mass is 35.5. The van der Waals surface area contributed by atoms with Crippen LogP contribution in [0.2, 0.25) is 5.02 Å². The molecular formula is C19H17ClN4O3. The normalized spacial score (nSPS) is 10.2. The Morgan fingerprint density at radius 3 is 2.56 bits per heavy atom. The number of hydrogen-bond donors (Lipinski definition) is 2. The summed E-state index contributed by atoms with van der Waals surface area (Å²) in [7, 11) is 3.08. The van der Waals surface area contributed by atoms with E-state index in [0.717, 1.165) is 5.69 Å². The summed E-state index contributed by atoms with van der Waals surface area (Å²) in [6.07, 6.45) is 1.50. The Bertz CT molecular complexity index is 965. The van der Waals surface area contributed by atoms with Crippen LogP contribution in [-0.4, -0.2) is 30.1 Å². The van der Waals surface area contributed by atoms with Crippen molar-refractivity contribution in [2.45, 2.75) is 0 Å². The Kier molecular flexibility index (Phi) is 5.73. The van der Waals surface area contributed by atoms with Crippen molar-refractivity contribution in [3.05, 3.63) is 65.4 Å². The molecule has 2 aromatic carbocycles. The van der Waals surface area contributed by atoms with Crippen molar-refractivity contribution in [3.63, 3.8) is 0 Å². The van der Waals surface area contributed by atoms with E-state index < -0.39 is 0 Å². The quantitative estimate of drug-likeness (QED) is 0.664. The van der Waals surface area contributed by atoms with Crippen LogP contribution in [0.15, 0.2) is 54.7 Å². The molecule has 8 heteroatoms. The van der Waals surface area contributed by atoms with Crippen molar-refractivity contribution in [2.75, 3.05) is 24.9 Å². The molecule has 0 spiro atoms. The Morgan fingerprint density at radius 2 is 1.81 bits per heavy atom. The van der Waals surface area contributed by atoms with E-state index in [1.807, 2.05) is 6.07 Å². The number of nitrogens with one attached hydrogen (secondary N) is 2. The SMILES string of the molecule is COc1ccc(NC(=O)c2ccnc(Nc3cccc(Cl)c3)n2)cc1OC. The largest absolute Gasteiger partial charge is 0.493 e. The van der Waals surface area contributed by atoms with Crippen LogP contribution in [-0.2, 0) is 0 Å². The lowest BCUT2D eigenvalue weighted by atomic mass is 10.2. The average molecular weight is 385 g/mol. The lowest BCUT2D eigenvalue weighted by molar-refractivity contribution is 0.102. The first-order chi connectivity index (χ1) is 13.1. The molecule has 0 aliphatic rings. The summed E-state index contributed by atoms with van der Waals surface area (Å²) in [5, 5.41) is 6.37. The van der Waals surface area contributed by atoms with E-state index in [9.17, 15) is 4.79 Å². The van der Waals surface area contributed by atoms with Crippen molar-refractivity contribution < 1.29 is 14.3 Å². The van der Waals surface area contributed by atoms with Gasteiger partial charge in [-0.1, -0.05) is 17.7 Å². The number of carbonyl (C=O) groups excluding carboxylic acids is 1. The van der Waals surface area contributed by atoms with Gasteiger partial charge in [-0.25, -0.2) is 9.97 Å². The van der Waals surface area contributed by atoms with Gasteiger partial charge in [0, 0.05) is 28.7 Å². The predicted molar refractivity (Wildman–Crippen MR) is 104 cm³/mol. The van der Waals surface area contributed by atoms with Crippen molar-refractivity contribution in [2.24, 2.45) is 0 Å². The number of carbonyl (C=O) groups is 1. The first kappa shape index (κ1) is 18.5. The number of benzene rings is 2. The van der Waals surface area contributed by atoms with Gasteiger partial charge in [-0.15, -0.1) is 0 Å². The predicted octanol–water partition coefficient (Wildman–Crippen LogP) is 4.14. The monoisotopic (exact) mass is 384 g/mol. The Balaban J connectivity index is 1.75. The van der Waals surface area contributed by atoms with Gasteiger partial charge in [-0.05, 0) is 36.4 Å². The third kappa shape index (κ3) is 4.65. The highest BCUT2D eigenvalue weighted by molar-refractivity contribution is 6.30. The minimum absolute atomic E-state index is 0.212. The molecule has 1 amide bonds. The molecule has 0 aliphatic heterocycles. The molecule has 1 heterocycles. The molecule has 138 valence electrons. The second-order valence-corrected chi connectivity index (χ2v) is 5.86. The maximum absolute atomic E-state index is 12.5. The van der Waals surface area contributed by atoms with E-state index in [4.69, 9.17) is 21.1 Å². The van der Waals surface area contributed by atoms with Crippen LogP contribution >= 0.6 is 11.6 Å². The molecule has 0 bridgehead atoms. The lowest BCUT2D eigenvalue weighted by Gasteiger charge is -2.11. The van der Waals surface area contributed by atoms with Crippen LogP contribution in [0, 0.1) is 0 Å². The Morgan fingerprint density at radius 1 is 1.00 bits per heavy atom. The van der Waals surface area contributed by atoms with Crippen LogP contribution < -0.4 is 20.1 Å². The van der Waals surface area contributed by atoms with Gasteiger partial charge in [0.2, 0.25) is 5.95 Å². The maximum atomic E-state index is 12.5. The topological polar surface area (TPSA) is 85.4 Å². The summed E-state index contributed by atoms with van der Waals surface area (Å²) < 4.78 is 10.4. The van der Waals surface area contributed by atoms with Gasteiger partial charge >= 0.3 is 0 Å². The van der Waals surface area contributed by atoms with Gasteiger partial charge < -0.3 is 20.1 Å². The minimum Gasteiger partial charge on any atom is -0.493 e. The zero-order valence-corrected chi connectivity index (χ0v) is 15.4.